The number of nitriles is 1. The summed E-state index contributed by atoms with van der Waals surface area (Å²) in [4.78, 5) is 23.8. The van der Waals surface area contributed by atoms with Crippen LogP contribution >= 0.6 is 0 Å². The second-order valence-corrected chi connectivity index (χ2v) is 9.24. The molecule has 0 saturated carbocycles. The summed E-state index contributed by atoms with van der Waals surface area (Å²) in [6, 6.07) is 7.86. The standard InChI is InChI=1S/C24H26N8O2/c1-14(2)31-6-7-32-21(22(31)34)19(11-28-32)30-23-26-5-4-18(29-23)15-8-16(10-25)20-17(9-15)24(3,13-33)12-27-20/h4-5,8-9,11,14,27,33H,6-7,12-13H2,1-3H3,(H,26,29,30)/t24-/m1/s1. The molecule has 174 valence electrons. The molecule has 5 rings (SSSR count). The maximum Gasteiger partial charge on any atom is 0.274 e. The minimum Gasteiger partial charge on any atom is -0.395 e. The zero-order valence-electron chi connectivity index (χ0n) is 19.3. The molecule has 0 unspecified atom stereocenters. The third kappa shape index (κ3) is 3.45. The number of rotatable bonds is 5. The van der Waals surface area contributed by atoms with Gasteiger partial charge in [0.15, 0.2) is 0 Å². The Morgan fingerprint density at radius 3 is 2.91 bits per heavy atom. The van der Waals surface area contributed by atoms with Gasteiger partial charge in [-0.25, -0.2) is 9.97 Å². The average Bonchev–Trinajstić information content (AvgIpc) is 3.40. The van der Waals surface area contributed by atoms with Crippen molar-refractivity contribution in [2.24, 2.45) is 0 Å². The lowest BCUT2D eigenvalue weighted by atomic mass is 9.83. The Bertz CT molecular complexity index is 1320. The molecule has 0 bridgehead atoms. The molecule has 34 heavy (non-hydrogen) atoms. The van der Waals surface area contributed by atoms with Gasteiger partial charge in [-0.1, -0.05) is 6.92 Å². The molecule has 0 fully saturated rings. The van der Waals surface area contributed by atoms with Crippen molar-refractivity contribution in [2.45, 2.75) is 38.8 Å². The van der Waals surface area contributed by atoms with Gasteiger partial charge in [-0.3, -0.25) is 9.48 Å². The minimum absolute atomic E-state index is 0.0356. The smallest absolute Gasteiger partial charge is 0.274 e. The second-order valence-electron chi connectivity index (χ2n) is 9.24. The topological polar surface area (TPSA) is 132 Å². The van der Waals surface area contributed by atoms with Crippen LogP contribution in [0.1, 0.15) is 42.4 Å². The number of hydrogen-bond donors (Lipinski definition) is 3. The highest BCUT2D eigenvalue weighted by atomic mass is 16.3. The number of anilines is 3. The van der Waals surface area contributed by atoms with E-state index in [9.17, 15) is 15.2 Å². The SMILES string of the molecule is CC(C)N1CCn2ncc(Nc3nccc(-c4cc(C#N)c5c(c4)[C@@](C)(CO)CN5)n3)c2C1=O. The summed E-state index contributed by atoms with van der Waals surface area (Å²) in [6.45, 7) is 7.72. The maximum absolute atomic E-state index is 13.0. The van der Waals surface area contributed by atoms with Crippen LogP contribution in [0.4, 0.5) is 17.3 Å². The van der Waals surface area contributed by atoms with Crippen LogP contribution in [0, 0.1) is 11.3 Å². The number of hydrogen-bond acceptors (Lipinski definition) is 8. The van der Waals surface area contributed by atoms with Crippen LogP contribution < -0.4 is 10.6 Å². The minimum atomic E-state index is -0.481. The van der Waals surface area contributed by atoms with Gasteiger partial charge >= 0.3 is 0 Å². The third-order valence-electron chi connectivity index (χ3n) is 6.59. The lowest BCUT2D eigenvalue weighted by Crippen LogP contribution is -2.44. The molecule has 1 atom stereocenters. The van der Waals surface area contributed by atoms with Crippen molar-refractivity contribution in [2.75, 3.05) is 30.3 Å². The van der Waals surface area contributed by atoms with E-state index < -0.39 is 5.41 Å². The molecular weight excluding hydrogens is 432 g/mol. The van der Waals surface area contributed by atoms with Crippen molar-refractivity contribution in [1.29, 1.82) is 5.26 Å². The van der Waals surface area contributed by atoms with Gasteiger partial charge in [0.2, 0.25) is 5.95 Å². The first-order valence-corrected chi connectivity index (χ1v) is 11.2. The Morgan fingerprint density at radius 2 is 2.18 bits per heavy atom. The number of nitrogens with zero attached hydrogens (tertiary/aromatic N) is 6. The van der Waals surface area contributed by atoms with E-state index >= 15 is 0 Å². The number of nitrogens with one attached hydrogen (secondary N) is 2. The van der Waals surface area contributed by atoms with Crippen LogP contribution in [0.25, 0.3) is 11.3 Å². The summed E-state index contributed by atoms with van der Waals surface area (Å²) in [5.41, 5.74) is 4.09. The first kappa shape index (κ1) is 21.9. The summed E-state index contributed by atoms with van der Waals surface area (Å²) < 4.78 is 1.70. The van der Waals surface area contributed by atoms with E-state index in [0.29, 0.717) is 48.2 Å². The third-order valence-corrected chi connectivity index (χ3v) is 6.59. The van der Waals surface area contributed by atoms with Crippen LogP contribution in [0.5, 0.6) is 0 Å². The van der Waals surface area contributed by atoms with Crippen LogP contribution in [0.15, 0.2) is 30.6 Å². The number of carbonyl (C=O) groups excluding carboxylic acids is 1. The molecule has 1 aromatic carbocycles. The number of aliphatic hydroxyl groups is 1. The molecule has 2 aromatic heterocycles. The quantitative estimate of drug-likeness (QED) is 0.531. The van der Waals surface area contributed by atoms with Crippen LogP contribution in [-0.4, -0.2) is 61.4 Å². The molecule has 0 saturated heterocycles. The highest BCUT2D eigenvalue weighted by Crippen LogP contribution is 2.41. The van der Waals surface area contributed by atoms with Crippen molar-refractivity contribution in [3.8, 4) is 17.3 Å². The Balaban J connectivity index is 1.49. The van der Waals surface area contributed by atoms with E-state index in [1.165, 1.54) is 0 Å². The van der Waals surface area contributed by atoms with Crippen molar-refractivity contribution in [3.63, 3.8) is 0 Å². The number of benzene rings is 1. The van der Waals surface area contributed by atoms with Crippen molar-refractivity contribution in [3.05, 3.63) is 47.4 Å². The normalized spacial score (nSPS) is 18.9. The average molecular weight is 459 g/mol. The van der Waals surface area contributed by atoms with Gasteiger partial charge < -0.3 is 20.6 Å². The summed E-state index contributed by atoms with van der Waals surface area (Å²) >= 11 is 0. The first-order valence-electron chi connectivity index (χ1n) is 11.2. The number of aliphatic hydroxyl groups excluding tert-OH is 1. The lowest BCUT2D eigenvalue weighted by molar-refractivity contribution is 0.0643. The molecule has 3 aromatic rings. The van der Waals surface area contributed by atoms with Gasteiger partial charge in [0.05, 0.1) is 42.0 Å². The summed E-state index contributed by atoms with van der Waals surface area (Å²) in [6.07, 6.45) is 3.25. The Kier molecular flexibility index (Phi) is 5.21. The molecule has 0 radical (unpaired) electrons. The second kappa shape index (κ2) is 8.11. The number of aromatic nitrogens is 4. The van der Waals surface area contributed by atoms with Gasteiger partial charge in [0.1, 0.15) is 11.8 Å². The predicted molar refractivity (Wildman–Crippen MR) is 127 cm³/mol. The largest absolute Gasteiger partial charge is 0.395 e. The Morgan fingerprint density at radius 1 is 1.35 bits per heavy atom. The number of amides is 1. The molecule has 2 aliphatic heterocycles. The molecule has 3 N–H and O–H groups in total. The van der Waals surface area contributed by atoms with E-state index in [4.69, 9.17) is 0 Å². The molecule has 4 heterocycles. The molecule has 0 spiro atoms. The van der Waals surface area contributed by atoms with Gasteiger partial charge in [-0.2, -0.15) is 10.4 Å². The molecule has 2 aliphatic rings. The van der Waals surface area contributed by atoms with Crippen molar-refractivity contribution in [1.82, 2.24) is 24.6 Å². The Labute approximate surface area is 197 Å². The number of fused-ring (bicyclic) bond motifs is 2. The van der Waals surface area contributed by atoms with Crippen molar-refractivity contribution >= 4 is 23.2 Å². The van der Waals surface area contributed by atoms with Gasteiger partial charge in [0.25, 0.3) is 5.91 Å². The highest BCUT2D eigenvalue weighted by molar-refractivity contribution is 5.99. The summed E-state index contributed by atoms with van der Waals surface area (Å²) in [5, 5.41) is 30.4. The van der Waals surface area contributed by atoms with Crippen molar-refractivity contribution < 1.29 is 9.90 Å². The predicted octanol–water partition coefficient (Wildman–Crippen LogP) is 2.50. The molecular formula is C24H26N8O2. The fourth-order valence-corrected chi connectivity index (χ4v) is 4.57. The molecule has 10 heteroatoms. The zero-order valence-corrected chi connectivity index (χ0v) is 19.3. The molecule has 10 nitrogen and oxygen atoms in total. The van der Waals surface area contributed by atoms with Crippen LogP contribution in [-0.2, 0) is 12.0 Å². The fourth-order valence-electron chi connectivity index (χ4n) is 4.57. The van der Waals surface area contributed by atoms with E-state index in [-0.39, 0.29) is 18.6 Å². The van der Waals surface area contributed by atoms with Gasteiger partial charge in [0, 0.05) is 36.3 Å². The van der Waals surface area contributed by atoms with E-state index in [1.807, 2.05) is 31.7 Å². The maximum atomic E-state index is 13.0. The Hall–Kier alpha value is -3.97. The van der Waals surface area contributed by atoms with E-state index in [1.54, 1.807) is 29.2 Å². The summed E-state index contributed by atoms with van der Waals surface area (Å²) in [7, 11) is 0. The summed E-state index contributed by atoms with van der Waals surface area (Å²) in [5.74, 6) is 0.246. The lowest BCUT2D eigenvalue weighted by Gasteiger charge is -2.31. The molecule has 1 amide bonds. The van der Waals surface area contributed by atoms with E-state index in [0.717, 1.165) is 16.8 Å². The number of carbonyl (C=O) groups is 1. The van der Waals surface area contributed by atoms with E-state index in [2.05, 4.69) is 31.8 Å². The monoisotopic (exact) mass is 458 g/mol. The fraction of sp³-hybridized carbons (Fsp3) is 0.375. The van der Waals surface area contributed by atoms with Gasteiger partial charge in [-0.05, 0) is 37.6 Å². The van der Waals surface area contributed by atoms with Crippen LogP contribution in [0.3, 0.4) is 0 Å². The highest BCUT2D eigenvalue weighted by Gasteiger charge is 2.36. The molecule has 0 aliphatic carbocycles. The zero-order chi connectivity index (χ0) is 24.0. The van der Waals surface area contributed by atoms with Crippen LogP contribution in [0.2, 0.25) is 0 Å². The van der Waals surface area contributed by atoms with Gasteiger partial charge in [-0.15, -0.1) is 0 Å². The first-order chi connectivity index (χ1) is 16.3.